The van der Waals surface area contributed by atoms with Gasteiger partial charge in [0.2, 0.25) is 0 Å². The van der Waals surface area contributed by atoms with Gasteiger partial charge in [0.1, 0.15) is 5.60 Å². The standard InChI is InChI=1S/C16H21NO/c1-2-10-16(18,14-8-4-3-5-9-14)15(13-17)11-6-7-12-15/h3-5,8-9,18H,2,6-7,10-12H2,1H3. The molecule has 2 nitrogen and oxygen atoms in total. The summed E-state index contributed by atoms with van der Waals surface area (Å²) in [6, 6.07) is 12.2. The number of hydrogen-bond acceptors (Lipinski definition) is 2. The monoisotopic (exact) mass is 243 g/mol. The van der Waals surface area contributed by atoms with Crippen LogP contribution in [-0.4, -0.2) is 5.11 Å². The lowest BCUT2D eigenvalue weighted by molar-refractivity contribution is -0.0671. The summed E-state index contributed by atoms with van der Waals surface area (Å²) in [5.41, 5.74) is -0.686. The first kappa shape index (κ1) is 13.1. The SMILES string of the molecule is CCCC(O)(c1ccccc1)C1(C#N)CCCC1. The third-order valence-corrected chi connectivity index (χ3v) is 4.33. The second kappa shape index (κ2) is 5.12. The Labute approximate surface area is 109 Å². The Morgan fingerprint density at radius 3 is 2.39 bits per heavy atom. The van der Waals surface area contributed by atoms with Gasteiger partial charge in [0.05, 0.1) is 11.5 Å². The van der Waals surface area contributed by atoms with Crippen LogP contribution in [-0.2, 0) is 5.60 Å². The second-order valence-corrected chi connectivity index (χ2v) is 5.38. The minimum atomic E-state index is -0.992. The fraction of sp³-hybridized carbons (Fsp3) is 0.562. The molecule has 0 heterocycles. The zero-order valence-corrected chi connectivity index (χ0v) is 11.0. The first-order valence-electron chi connectivity index (χ1n) is 6.88. The third kappa shape index (κ3) is 1.93. The molecule has 1 unspecified atom stereocenters. The van der Waals surface area contributed by atoms with E-state index in [9.17, 15) is 10.4 Å². The van der Waals surface area contributed by atoms with Gasteiger partial charge in [0.25, 0.3) is 0 Å². The van der Waals surface area contributed by atoms with Crippen LogP contribution in [0.25, 0.3) is 0 Å². The average Bonchev–Trinajstić information content (AvgIpc) is 2.90. The maximum absolute atomic E-state index is 11.2. The normalized spacial score (nSPS) is 21.2. The number of nitriles is 1. The van der Waals surface area contributed by atoms with E-state index in [4.69, 9.17) is 0 Å². The predicted molar refractivity (Wildman–Crippen MR) is 71.8 cm³/mol. The minimum Gasteiger partial charge on any atom is -0.383 e. The highest BCUT2D eigenvalue weighted by Gasteiger charge is 2.52. The number of aliphatic hydroxyl groups is 1. The highest BCUT2D eigenvalue weighted by molar-refractivity contribution is 5.29. The van der Waals surface area contributed by atoms with Crippen LogP contribution < -0.4 is 0 Å². The Morgan fingerprint density at radius 1 is 1.28 bits per heavy atom. The van der Waals surface area contributed by atoms with Gasteiger partial charge < -0.3 is 5.11 Å². The molecule has 0 spiro atoms. The molecule has 0 radical (unpaired) electrons. The van der Waals surface area contributed by atoms with Crippen LogP contribution >= 0.6 is 0 Å². The van der Waals surface area contributed by atoms with Crippen LogP contribution in [0.15, 0.2) is 30.3 Å². The summed E-state index contributed by atoms with van der Waals surface area (Å²) < 4.78 is 0. The van der Waals surface area contributed by atoms with E-state index in [0.717, 1.165) is 37.7 Å². The van der Waals surface area contributed by atoms with Crippen molar-refractivity contribution in [2.24, 2.45) is 5.41 Å². The quantitative estimate of drug-likeness (QED) is 0.875. The molecule has 0 aromatic heterocycles. The van der Waals surface area contributed by atoms with E-state index in [2.05, 4.69) is 13.0 Å². The van der Waals surface area contributed by atoms with Gasteiger partial charge >= 0.3 is 0 Å². The van der Waals surface area contributed by atoms with E-state index >= 15 is 0 Å². The van der Waals surface area contributed by atoms with Crippen LogP contribution in [0.2, 0.25) is 0 Å². The van der Waals surface area contributed by atoms with Gasteiger partial charge in [-0.05, 0) is 24.8 Å². The van der Waals surface area contributed by atoms with Gasteiger partial charge in [0.15, 0.2) is 0 Å². The molecule has 0 aliphatic heterocycles. The van der Waals surface area contributed by atoms with E-state index < -0.39 is 11.0 Å². The Kier molecular flexibility index (Phi) is 3.73. The van der Waals surface area contributed by atoms with Crippen LogP contribution in [0.5, 0.6) is 0 Å². The molecule has 96 valence electrons. The lowest BCUT2D eigenvalue weighted by atomic mass is 9.66. The van der Waals surface area contributed by atoms with Gasteiger partial charge in [-0.15, -0.1) is 0 Å². The molecule has 1 N–H and O–H groups in total. The molecule has 0 bridgehead atoms. The molecule has 1 aliphatic rings. The Bertz CT molecular complexity index is 428. The molecule has 2 rings (SSSR count). The summed E-state index contributed by atoms with van der Waals surface area (Å²) in [7, 11) is 0. The lowest BCUT2D eigenvalue weighted by Gasteiger charge is -2.41. The van der Waals surface area contributed by atoms with Gasteiger partial charge in [-0.25, -0.2) is 0 Å². The molecule has 1 atom stereocenters. The Morgan fingerprint density at radius 2 is 1.89 bits per heavy atom. The molecule has 18 heavy (non-hydrogen) atoms. The van der Waals surface area contributed by atoms with E-state index in [1.54, 1.807) is 0 Å². The maximum Gasteiger partial charge on any atom is 0.108 e. The first-order valence-corrected chi connectivity index (χ1v) is 6.88. The van der Waals surface area contributed by atoms with Gasteiger partial charge in [0, 0.05) is 0 Å². The van der Waals surface area contributed by atoms with Gasteiger partial charge in [-0.1, -0.05) is 56.5 Å². The van der Waals surface area contributed by atoms with Crippen molar-refractivity contribution >= 4 is 0 Å². The summed E-state index contributed by atoms with van der Waals surface area (Å²) in [5.74, 6) is 0. The second-order valence-electron chi connectivity index (χ2n) is 5.38. The van der Waals surface area contributed by atoms with Crippen molar-refractivity contribution < 1.29 is 5.11 Å². The highest BCUT2D eigenvalue weighted by atomic mass is 16.3. The molecule has 1 saturated carbocycles. The zero-order valence-electron chi connectivity index (χ0n) is 11.0. The highest BCUT2D eigenvalue weighted by Crippen LogP contribution is 2.53. The van der Waals surface area contributed by atoms with E-state index in [-0.39, 0.29) is 0 Å². The van der Waals surface area contributed by atoms with E-state index in [1.807, 2.05) is 30.3 Å². The summed E-state index contributed by atoms with van der Waals surface area (Å²) in [6.45, 7) is 2.06. The predicted octanol–water partition coefficient (Wildman–Crippen LogP) is 3.76. The van der Waals surface area contributed by atoms with Crippen molar-refractivity contribution in [2.75, 3.05) is 0 Å². The largest absolute Gasteiger partial charge is 0.383 e. The van der Waals surface area contributed by atoms with Gasteiger partial charge in [-0.3, -0.25) is 0 Å². The maximum atomic E-state index is 11.2. The molecule has 1 aromatic carbocycles. The molecule has 1 fully saturated rings. The molecule has 2 heteroatoms. The summed E-state index contributed by atoms with van der Waals surface area (Å²) in [5, 5.41) is 20.8. The molecule has 0 amide bonds. The first-order chi connectivity index (χ1) is 8.68. The van der Waals surface area contributed by atoms with Crippen molar-refractivity contribution in [3.8, 4) is 6.07 Å². The topological polar surface area (TPSA) is 44.0 Å². The number of rotatable bonds is 4. The third-order valence-electron chi connectivity index (χ3n) is 4.33. The van der Waals surface area contributed by atoms with Crippen molar-refractivity contribution in [2.45, 2.75) is 51.0 Å². The van der Waals surface area contributed by atoms with Crippen LogP contribution in [0.3, 0.4) is 0 Å². The summed E-state index contributed by atoms with van der Waals surface area (Å²) in [4.78, 5) is 0. The summed E-state index contributed by atoms with van der Waals surface area (Å²) in [6.07, 6.45) is 5.27. The Hall–Kier alpha value is -1.33. The number of nitrogens with zero attached hydrogens (tertiary/aromatic N) is 1. The molecule has 1 aliphatic carbocycles. The van der Waals surface area contributed by atoms with Crippen molar-refractivity contribution in [3.05, 3.63) is 35.9 Å². The van der Waals surface area contributed by atoms with Crippen LogP contribution in [0.4, 0.5) is 0 Å². The molecular weight excluding hydrogens is 222 g/mol. The number of benzene rings is 1. The van der Waals surface area contributed by atoms with E-state index in [0.29, 0.717) is 6.42 Å². The molecule has 1 aromatic rings. The van der Waals surface area contributed by atoms with E-state index in [1.165, 1.54) is 0 Å². The number of hydrogen-bond donors (Lipinski definition) is 1. The van der Waals surface area contributed by atoms with Crippen molar-refractivity contribution in [3.63, 3.8) is 0 Å². The Balaban J connectivity index is 2.47. The zero-order chi connectivity index (χ0) is 13.1. The lowest BCUT2D eigenvalue weighted by Crippen LogP contribution is -2.43. The fourth-order valence-corrected chi connectivity index (χ4v) is 3.33. The molecular formula is C16H21NO. The smallest absolute Gasteiger partial charge is 0.108 e. The summed E-state index contributed by atoms with van der Waals surface area (Å²) >= 11 is 0. The van der Waals surface area contributed by atoms with Crippen molar-refractivity contribution in [1.29, 1.82) is 5.26 Å². The molecule has 0 saturated heterocycles. The van der Waals surface area contributed by atoms with Gasteiger partial charge in [-0.2, -0.15) is 5.26 Å². The minimum absolute atomic E-state index is 0.593. The van der Waals surface area contributed by atoms with Crippen LogP contribution in [0, 0.1) is 16.7 Å². The van der Waals surface area contributed by atoms with Crippen LogP contribution in [0.1, 0.15) is 51.0 Å². The fourth-order valence-electron chi connectivity index (χ4n) is 3.33. The average molecular weight is 243 g/mol. The van der Waals surface area contributed by atoms with Crippen molar-refractivity contribution in [1.82, 2.24) is 0 Å².